The van der Waals surface area contributed by atoms with Crippen LogP contribution >= 0.6 is 0 Å². The zero-order chi connectivity index (χ0) is 15.1. The van der Waals surface area contributed by atoms with Crippen LogP contribution in [0.2, 0.25) is 0 Å². The second-order valence-electron chi connectivity index (χ2n) is 5.66. The lowest BCUT2D eigenvalue weighted by molar-refractivity contribution is -0.111. The fourth-order valence-corrected chi connectivity index (χ4v) is 2.13. The first-order valence-electron chi connectivity index (χ1n) is 7.05. The summed E-state index contributed by atoms with van der Waals surface area (Å²) in [4.78, 5) is 10.6. The number of nitrogens with one attached hydrogen (secondary N) is 1. The van der Waals surface area contributed by atoms with Crippen molar-refractivity contribution in [3.8, 4) is 0 Å². The summed E-state index contributed by atoms with van der Waals surface area (Å²) in [5.41, 5.74) is 1.81. The lowest BCUT2D eigenvalue weighted by Gasteiger charge is -2.27. The Morgan fingerprint density at radius 2 is 1.48 bits per heavy atom. The van der Waals surface area contributed by atoms with Crippen LogP contribution in [-0.4, -0.2) is 18.6 Å². The number of benzene rings is 2. The van der Waals surface area contributed by atoms with Gasteiger partial charge in [0.25, 0.3) is 0 Å². The molecule has 3 heteroatoms. The molecule has 0 saturated carbocycles. The van der Waals surface area contributed by atoms with E-state index in [0.717, 1.165) is 11.1 Å². The molecule has 21 heavy (non-hydrogen) atoms. The van der Waals surface area contributed by atoms with Gasteiger partial charge in [-0.25, -0.2) is 0 Å². The molecule has 0 heterocycles. The van der Waals surface area contributed by atoms with E-state index < -0.39 is 5.54 Å². The highest BCUT2D eigenvalue weighted by atomic mass is 16.5. The monoisotopic (exact) mass is 283 g/mol. The minimum absolute atomic E-state index is 0.139. The molecule has 0 radical (unpaired) electrons. The smallest absolute Gasteiger partial charge is 0.207 e. The van der Waals surface area contributed by atoms with E-state index in [1.807, 2.05) is 50.2 Å². The molecule has 2 rings (SSSR count). The van der Waals surface area contributed by atoms with E-state index in [1.54, 1.807) is 0 Å². The van der Waals surface area contributed by atoms with Gasteiger partial charge in [-0.05, 0) is 25.0 Å². The van der Waals surface area contributed by atoms with Crippen LogP contribution in [0.25, 0.3) is 0 Å². The number of carbonyl (C=O) groups is 1. The van der Waals surface area contributed by atoms with Crippen molar-refractivity contribution in [2.75, 3.05) is 6.61 Å². The van der Waals surface area contributed by atoms with Gasteiger partial charge in [-0.3, -0.25) is 4.79 Å². The fourth-order valence-electron chi connectivity index (χ4n) is 2.13. The number of hydrogen-bond donors (Lipinski definition) is 1. The molecule has 0 aromatic heterocycles. The minimum Gasteiger partial charge on any atom is -0.366 e. The van der Waals surface area contributed by atoms with Crippen LogP contribution in [0, 0.1) is 0 Å². The Bertz CT molecular complexity index is 512. The van der Waals surface area contributed by atoms with Gasteiger partial charge in [0.2, 0.25) is 6.41 Å². The lowest BCUT2D eigenvalue weighted by Crippen LogP contribution is -2.43. The summed E-state index contributed by atoms with van der Waals surface area (Å²) in [5.74, 6) is 0. The zero-order valence-electron chi connectivity index (χ0n) is 12.5. The molecule has 3 nitrogen and oxygen atoms in total. The van der Waals surface area contributed by atoms with Gasteiger partial charge in [0.05, 0.1) is 12.1 Å². The summed E-state index contributed by atoms with van der Waals surface area (Å²) in [6.45, 7) is 4.31. The summed E-state index contributed by atoms with van der Waals surface area (Å²) < 4.78 is 6.11. The van der Waals surface area contributed by atoms with Crippen LogP contribution in [0.5, 0.6) is 0 Å². The average molecular weight is 283 g/mol. The van der Waals surface area contributed by atoms with Gasteiger partial charge in [0.1, 0.15) is 6.10 Å². The normalized spacial score (nSPS) is 11.4. The van der Waals surface area contributed by atoms with Crippen LogP contribution in [0.15, 0.2) is 60.7 Å². The Balaban J connectivity index is 2.20. The first kappa shape index (κ1) is 15.3. The first-order valence-corrected chi connectivity index (χ1v) is 7.05. The fraction of sp³-hybridized carbons (Fsp3) is 0.278. The number of amides is 1. The third-order valence-corrected chi connectivity index (χ3v) is 3.27. The quantitative estimate of drug-likeness (QED) is 0.792. The molecule has 2 aromatic carbocycles. The molecular weight excluding hydrogens is 262 g/mol. The molecule has 0 aliphatic heterocycles. The van der Waals surface area contributed by atoms with Crippen molar-refractivity contribution in [2.24, 2.45) is 0 Å². The number of ether oxygens (including phenoxy) is 1. The summed E-state index contributed by atoms with van der Waals surface area (Å²) in [7, 11) is 0. The van der Waals surface area contributed by atoms with E-state index in [2.05, 4.69) is 29.6 Å². The van der Waals surface area contributed by atoms with Gasteiger partial charge >= 0.3 is 0 Å². The van der Waals surface area contributed by atoms with Crippen LogP contribution < -0.4 is 5.32 Å². The second-order valence-corrected chi connectivity index (χ2v) is 5.66. The average Bonchev–Trinajstić information content (AvgIpc) is 2.49. The van der Waals surface area contributed by atoms with Crippen molar-refractivity contribution in [3.05, 3.63) is 71.8 Å². The Hall–Kier alpha value is -2.13. The van der Waals surface area contributed by atoms with E-state index in [9.17, 15) is 4.79 Å². The Morgan fingerprint density at radius 3 is 1.90 bits per heavy atom. The lowest BCUT2D eigenvalue weighted by atomic mass is 10.0. The van der Waals surface area contributed by atoms with Crippen LogP contribution in [-0.2, 0) is 9.53 Å². The molecule has 1 N–H and O–H groups in total. The summed E-state index contributed by atoms with van der Waals surface area (Å²) >= 11 is 0. The molecule has 0 atom stereocenters. The van der Waals surface area contributed by atoms with E-state index in [4.69, 9.17) is 4.74 Å². The number of carbonyl (C=O) groups excluding carboxylic acids is 1. The van der Waals surface area contributed by atoms with Crippen LogP contribution in [0.1, 0.15) is 31.1 Å². The van der Waals surface area contributed by atoms with Crippen molar-refractivity contribution >= 4 is 6.41 Å². The van der Waals surface area contributed by atoms with Gasteiger partial charge in [0, 0.05) is 0 Å². The molecule has 0 aliphatic rings. The van der Waals surface area contributed by atoms with Crippen LogP contribution in [0.3, 0.4) is 0 Å². The van der Waals surface area contributed by atoms with Gasteiger partial charge < -0.3 is 10.1 Å². The maximum Gasteiger partial charge on any atom is 0.207 e. The topological polar surface area (TPSA) is 38.3 Å². The standard InChI is InChI=1S/C18H21NO2/c1-18(2,19-14-20)13-21-17(15-9-5-3-6-10-15)16-11-7-4-8-12-16/h3-12,14,17H,13H2,1-2H3,(H,19,20). The van der Waals surface area contributed by atoms with Crippen molar-refractivity contribution in [1.82, 2.24) is 5.32 Å². The van der Waals surface area contributed by atoms with Crippen molar-refractivity contribution in [1.29, 1.82) is 0 Å². The Labute approximate surface area is 126 Å². The molecule has 0 fully saturated rings. The summed E-state index contributed by atoms with van der Waals surface area (Å²) in [6.07, 6.45) is 0.573. The summed E-state index contributed by atoms with van der Waals surface area (Å²) in [5, 5.41) is 2.77. The van der Waals surface area contributed by atoms with E-state index in [1.165, 1.54) is 0 Å². The highest BCUT2D eigenvalue weighted by Gasteiger charge is 2.21. The third-order valence-electron chi connectivity index (χ3n) is 3.27. The summed E-state index contributed by atoms with van der Waals surface area (Å²) in [6, 6.07) is 20.2. The molecule has 0 saturated heterocycles. The largest absolute Gasteiger partial charge is 0.366 e. The van der Waals surface area contributed by atoms with Crippen molar-refractivity contribution in [3.63, 3.8) is 0 Å². The minimum atomic E-state index is -0.399. The third kappa shape index (κ3) is 4.43. The Kier molecular flexibility index (Phi) is 5.12. The number of hydrogen-bond acceptors (Lipinski definition) is 2. The highest BCUT2D eigenvalue weighted by Crippen LogP contribution is 2.26. The first-order chi connectivity index (χ1) is 10.1. The van der Waals surface area contributed by atoms with E-state index in [0.29, 0.717) is 13.0 Å². The number of rotatable bonds is 7. The molecule has 0 unspecified atom stereocenters. The molecule has 110 valence electrons. The predicted octanol–water partition coefficient (Wildman–Crippen LogP) is 3.32. The molecular formula is C18H21NO2. The second kappa shape index (κ2) is 7.04. The Morgan fingerprint density at radius 1 is 1.00 bits per heavy atom. The van der Waals surface area contributed by atoms with Crippen molar-refractivity contribution in [2.45, 2.75) is 25.5 Å². The maximum atomic E-state index is 10.6. The van der Waals surface area contributed by atoms with Gasteiger partial charge in [-0.2, -0.15) is 0 Å². The molecule has 1 amide bonds. The van der Waals surface area contributed by atoms with Gasteiger partial charge in [0.15, 0.2) is 0 Å². The van der Waals surface area contributed by atoms with Crippen LogP contribution in [0.4, 0.5) is 0 Å². The highest BCUT2D eigenvalue weighted by molar-refractivity contribution is 5.47. The molecule has 2 aromatic rings. The molecule has 0 aliphatic carbocycles. The zero-order valence-corrected chi connectivity index (χ0v) is 12.5. The van der Waals surface area contributed by atoms with Gasteiger partial charge in [-0.1, -0.05) is 60.7 Å². The maximum absolute atomic E-state index is 10.6. The molecule has 0 spiro atoms. The van der Waals surface area contributed by atoms with E-state index in [-0.39, 0.29) is 6.10 Å². The van der Waals surface area contributed by atoms with E-state index >= 15 is 0 Å². The predicted molar refractivity (Wildman–Crippen MR) is 84.0 cm³/mol. The SMILES string of the molecule is CC(C)(COC(c1ccccc1)c1ccccc1)NC=O. The van der Waals surface area contributed by atoms with Crippen molar-refractivity contribution < 1.29 is 9.53 Å². The van der Waals surface area contributed by atoms with Gasteiger partial charge in [-0.15, -0.1) is 0 Å². The molecule has 0 bridgehead atoms.